The van der Waals surface area contributed by atoms with Crippen molar-refractivity contribution in [2.45, 2.75) is 13.0 Å². The van der Waals surface area contributed by atoms with Gasteiger partial charge in [-0.3, -0.25) is 9.59 Å². The van der Waals surface area contributed by atoms with Crippen LogP contribution < -0.4 is 4.90 Å². The van der Waals surface area contributed by atoms with Gasteiger partial charge in [0.1, 0.15) is 11.9 Å². The topological polar surface area (TPSA) is 40.6 Å². The Balaban J connectivity index is 1.83. The molecule has 1 aliphatic heterocycles. The highest BCUT2D eigenvalue weighted by molar-refractivity contribution is 9.10. The molecular formula is C18H16BrFN2O2. The summed E-state index contributed by atoms with van der Waals surface area (Å²) >= 11 is 3.34. The average molecular weight is 391 g/mol. The Bertz CT molecular complexity index is 796. The molecular weight excluding hydrogens is 375 g/mol. The highest BCUT2D eigenvalue weighted by Crippen LogP contribution is 2.24. The fourth-order valence-electron chi connectivity index (χ4n) is 2.84. The average Bonchev–Trinajstić information content (AvgIpc) is 2.57. The summed E-state index contributed by atoms with van der Waals surface area (Å²) in [6, 6.07) is 12.6. The lowest BCUT2D eigenvalue weighted by Gasteiger charge is -2.39. The maximum Gasteiger partial charge on any atom is 0.254 e. The predicted molar refractivity (Wildman–Crippen MR) is 93.4 cm³/mol. The van der Waals surface area contributed by atoms with Gasteiger partial charge in [0.25, 0.3) is 5.91 Å². The summed E-state index contributed by atoms with van der Waals surface area (Å²) in [7, 11) is 0. The van der Waals surface area contributed by atoms with Gasteiger partial charge in [-0.15, -0.1) is 0 Å². The number of amides is 2. The van der Waals surface area contributed by atoms with E-state index >= 15 is 0 Å². The third-order valence-electron chi connectivity index (χ3n) is 4.13. The number of halogens is 2. The number of rotatable bonds is 2. The van der Waals surface area contributed by atoms with Crippen LogP contribution in [0.5, 0.6) is 0 Å². The Morgan fingerprint density at radius 2 is 1.92 bits per heavy atom. The number of anilines is 1. The Hall–Kier alpha value is -2.21. The Morgan fingerprint density at radius 3 is 2.62 bits per heavy atom. The molecule has 1 aliphatic rings. The quantitative estimate of drug-likeness (QED) is 0.787. The monoisotopic (exact) mass is 390 g/mol. The third kappa shape index (κ3) is 3.06. The van der Waals surface area contributed by atoms with Crippen LogP contribution in [0.1, 0.15) is 17.3 Å². The second-order valence-corrected chi connectivity index (χ2v) is 6.54. The molecule has 1 atom stereocenters. The van der Waals surface area contributed by atoms with E-state index in [0.717, 1.165) is 4.47 Å². The number of benzene rings is 2. The van der Waals surface area contributed by atoms with E-state index in [2.05, 4.69) is 15.9 Å². The summed E-state index contributed by atoms with van der Waals surface area (Å²) in [6.45, 7) is 2.29. The molecule has 1 heterocycles. The van der Waals surface area contributed by atoms with Crippen LogP contribution in [0.4, 0.5) is 10.1 Å². The van der Waals surface area contributed by atoms with Gasteiger partial charge >= 0.3 is 0 Å². The highest BCUT2D eigenvalue weighted by atomic mass is 79.9. The first-order valence-corrected chi connectivity index (χ1v) is 8.41. The zero-order chi connectivity index (χ0) is 17.3. The van der Waals surface area contributed by atoms with Gasteiger partial charge in [0.2, 0.25) is 5.91 Å². The summed E-state index contributed by atoms with van der Waals surface area (Å²) in [6.07, 6.45) is 0. The van der Waals surface area contributed by atoms with Crippen LogP contribution in [0.25, 0.3) is 0 Å². The van der Waals surface area contributed by atoms with Crippen LogP contribution in [0.15, 0.2) is 53.0 Å². The molecule has 6 heteroatoms. The lowest BCUT2D eigenvalue weighted by Crippen LogP contribution is -2.58. The molecule has 3 rings (SSSR count). The first-order chi connectivity index (χ1) is 11.5. The lowest BCUT2D eigenvalue weighted by molar-refractivity contribution is -0.124. The molecule has 24 heavy (non-hydrogen) atoms. The van der Waals surface area contributed by atoms with Crippen LogP contribution in [-0.2, 0) is 4.79 Å². The van der Waals surface area contributed by atoms with Gasteiger partial charge in [-0.05, 0) is 37.3 Å². The van der Waals surface area contributed by atoms with E-state index in [4.69, 9.17) is 0 Å². The number of piperazine rings is 1. The van der Waals surface area contributed by atoms with Crippen molar-refractivity contribution >= 4 is 33.4 Å². The van der Waals surface area contributed by atoms with E-state index in [1.54, 1.807) is 43.3 Å². The Morgan fingerprint density at radius 1 is 1.17 bits per heavy atom. The summed E-state index contributed by atoms with van der Waals surface area (Å²) in [4.78, 5) is 28.3. The number of carbonyl (C=O) groups excluding carboxylic acids is 2. The molecule has 2 amide bonds. The lowest BCUT2D eigenvalue weighted by atomic mass is 10.1. The summed E-state index contributed by atoms with van der Waals surface area (Å²) in [5.74, 6) is -0.926. The van der Waals surface area contributed by atoms with Crippen molar-refractivity contribution < 1.29 is 14.0 Å². The normalized spacial score (nSPS) is 18.0. The fraction of sp³-hybridized carbons (Fsp3) is 0.222. The molecule has 2 aromatic rings. The Kier molecular flexibility index (Phi) is 4.66. The zero-order valence-corrected chi connectivity index (χ0v) is 14.7. The van der Waals surface area contributed by atoms with Crippen molar-refractivity contribution in [3.8, 4) is 0 Å². The molecule has 2 aromatic carbocycles. The van der Waals surface area contributed by atoms with E-state index in [0.29, 0.717) is 12.1 Å². The van der Waals surface area contributed by atoms with Crippen molar-refractivity contribution in [3.63, 3.8) is 0 Å². The largest absolute Gasteiger partial charge is 0.325 e. The highest BCUT2D eigenvalue weighted by Gasteiger charge is 2.36. The molecule has 0 N–H and O–H groups in total. The van der Waals surface area contributed by atoms with Gasteiger partial charge in [0, 0.05) is 23.1 Å². The molecule has 0 radical (unpaired) electrons. The summed E-state index contributed by atoms with van der Waals surface area (Å²) in [5, 5.41) is 0. The first-order valence-electron chi connectivity index (χ1n) is 7.61. The van der Waals surface area contributed by atoms with Crippen molar-refractivity contribution in [2.75, 3.05) is 18.0 Å². The molecule has 0 saturated carbocycles. The van der Waals surface area contributed by atoms with Gasteiger partial charge in [-0.2, -0.15) is 0 Å². The number of carbonyl (C=O) groups is 2. The minimum absolute atomic E-state index is 0.203. The number of hydrogen-bond acceptors (Lipinski definition) is 2. The van der Waals surface area contributed by atoms with E-state index in [9.17, 15) is 14.0 Å². The molecule has 4 nitrogen and oxygen atoms in total. The van der Waals surface area contributed by atoms with Crippen LogP contribution in [0.2, 0.25) is 0 Å². The van der Waals surface area contributed by atoms with Gasteiger partial charge < -0.3 is 9.80 Å². The SMILES string of the molecule is CC1C(=O)N(c2ccccc2F)CCN1C(=O)c1cccc(Br)c1. The summed E-state index contributed by atoms with van der Waals surface area (Å²) < 4.78 is 14.8. The summed E-state index contributed by atoms with van der Waals surface area (Å²) in [5.41, 5.74) is 0.771. The van der Waals surface area contributed by atoms with Gasteiger partial charge in [0.15, 0.2) is 0 Å². The second-order valence-electron chi connectivity index (χ2n) is 5.63. The van der Waals surface area contributed by atoms with E-state index in [-0.39, 0.29) is 24.0 Å². The standard InChI is InChI=1S/C18H16BrFN2O2/c1-12-17(23)22(16-8-3-2-7-15(16)20)10-9-21(12)18(24)13-5-4-6-14(19)11-13/h2-8,11-12H,9-10H2,1H3. The molecule has 1 unspecified atom stereocenters. The van der Waals surface area contributed by atoms with Crippen molar-refractivity contribution in [3.05, 3.63) is 64.4 Å². The van der Waals surface area contributed by atoms with E-state index < -0.39 is 11.9 Å². The number of hydrogen-bond donors (Lipinski definition) is 0. The molecule has 0 aliphatic carbocycles. The van der Waals surface area contributed by atoms with Crippen LogP contribution in [0.3, 0.4) is 0 Å². The van der Waals surface area contributed by atoms with Gasteiger partial charge in [0.05, 0.1) is 5.69 Å². The first kappa shape index (κ1) is 16.6. The van der Waals surface area contributed by atoms with Gasteiger partial charge in [-0.25, -0.2) is 4.39 Å². The van der Waals surface area contributed by atoms with Crippen molar-refractivity contribution in [1.82, 2.24) is 4.90 Å². The van der Waals surface area contributed by atoms with Gasteiger partial charge in [-0.1, -0.05) is 34.1 Å². The molecule has 1 fully saturated rings. The molecule has 0 spiro atoms. The number of nitrogens with zero attached hydrogens (tertiary/aromatic N) is 2. The van der Waals surface area contributed by atoms with Crippen LogP contribution in [0, 0.1) is 5.82 Å². The molecule has 0 aromatic heterocycles. The smallest absolute Gasteiger partial charge is 0.254 e. The predicted octanol–water partition coefficient (Wildman–Crippen LogP) is 3.47. The fourth-order valence-corrected chi connectivity index (χ4v) is 3.24. The van der Waals surface area contributed by atoms with E-state index in [1.807, 2.05) is 6.07 Å². The molecule has 0 bridgehead atoms. The van der Waals surface area contributed by atoms with E-state index in [1.165, 1.54) is 15.9 Å². The van der Waals surface area contributed by atoms with Crippen LogP contribution in [-0.4, -0.2) is 35.8 Å². The van der Waals surface area contributed by atoms with Crippen molar-refractivity contribution in [1.29, 1.82) is 0 Å². The minimum Gasteiger partial charge on any atom is -0.325 e. The Labute approximate surface area is 148 Å². The molecule has 124 valence electrons. The third-order valence-corrected chi connectivity index (χ3v) is 4.62. The minimum atomic E-state index is -0.648. The maximum atomic E-state index is 14.0. The second kappa shape index (κ2) is 6.73. The van der Waals surface area contributed by atoms with Crippen molar-refractivity contribution in [2.24, 2.45) is 0 Å². The zero-order valence-electron chi connectivity index (χ0n) is 13.1. The number of para-hydroxylation sites is 1. The molecule has 1 saturated heterocycles. The maximum absolute atomic E-state index is 14.0. The van der Waals surface area contributed by atoms with Crippen LogP contribution >= 0.6 is 15.9 Å².